The topological polar surface area (TPSA) is 81.7 Å². The fourth-order valence-electron chi connectivity index (χ4n) is 3.03. The minimum Gasteiger partial charge on any atom is -0.480 e. The molecule has 1 aromatic rings. The number of halogens is 2. The lowest BCUT2D eigenvalue weighted by Crippen LogP contribution is -2.56. The molecular weight excluding hydrogens is 332 g/mol. The summed E-state index contributed by atoms with van der Waals surface area (Å²) in [6, 6.07) is 2.78. The molecule has 0 saturated heterocycles. The number of likely N-dealkylation sites (N-methyl/N-ethyl adjacent to an activating group) is 1. The van der Waals surface area contributed by atoms with Crippen molar-refractivity contribution >= 4 is 12.0 Å². The first kappa shape index (κ1) is 19.1. The van der Waals surface area contributed by atoms with Crippen LogP contribution in [-0.2, 0) is 4.79 Å². The number of carboxylic acids is 1. The maximum Gasteiger partial charge on any atom is 0.317 e. The highest BCUT2D eigenvalue weighted by molar-refractivity contribution is 5.75. The van der Waals surface area contributed by atoms with E-state index in [9.17, 15) is 18.4 Å². The van der Waals surface area contributed by atoms with Crippen LogP contribution < -0.4 is 10.6 Å². The maximum absolute atomic E-state index is 13.7. The number of benzene rings is 1. The van der Waals surface area contributed by atoms with Crippen LogP contribution in [0.1, 0.15) is 38.3 Å². The second kappa shape index (κ2) is 8.24. The van der Waals surface area contributed by atoms with Gasteiger partial charge in [0.05, 0.1) is 12.6 Å². The molecule has 25 heavy (non-hydrogen) atoms. The number of aliphatic carboxylic acids is 1. The molecule has 1 saturated carbocycles. The Morgan fingerprint density at radius 3 is 2.64 bits per heavy atom. The van der Waals surface area contributed by atoms with Crippen LogP contribution in [-0.4, -0.2) is 47.2 Å². The largest absolute Gasteiger partial charge is 0.480 e. The van der Waals surface area contributed by atoms with E-state index in [2.05, 4.69) is 10.6 Å². The summed E-state index contributed by atoms with van der Waals surface area (Å²) in [6.45, 7) is 4.08. The average Bonchev–Trinajstić information content (AvgIpc) is 2.50. The normalized spacial score (nSPS) is 20.7. The molecule has 0 heterocycles. The Hall–Kier alpha value is -2.22. The Morgan fingerprint density at radius 1 is 1.36 bits per heavy atom. The van der Waals surface area contributed by atoms with E-state index in [4.69, 9.17) is 5.11 Å². The number of hydrogen-bond donors (Lipinski definition) is 3. The Morgan fingerprint density at radius 2 is 2.04 bits per heavy atom. The van der Waals surface area contributed by atoms with Crippen LogP contribution >= 0.6 is 0 Å². The summed E-state index contributed by atoms with van der Waals surface area (Å²) in [5.41, 5.74) is 0.0836. The van der Waals surface area contributed by atoms with E-state index in [1.807, 2.05) is 11.8 Å². The van der Waals surface area contributed by atoms with E-state index < -0.39 is 29.7 Å². The summed E-state index contributed by atoms with van der Waals surface area (Å²) >= 11 is 0. The maximum atomic E-state index is 13.7. The number of carbonyl (C=O) groups excluding carboxylic acids is 1. The number of hydrogen-bond acceptors (Lipinski definition) is 3. The number of amides is 2. The number of urea groups is 1. The van der Waals surface area contributed by atoms with Gasteiger partial charge in [-0.2, -0.15) is 0 Å². The molecule has 0 bridgehead atoms. The molecule has 1 aliphatic rings. The monoisotopic (exact) mass is 355 g/mol. The number of carbonyl (C=O) groups is 2. The molecule has 1 fully saturated rings. The van der Waals surface area contributed by atoms with E-state index in [0.29, 0.717) is 19.4 Å². The van der Waals surface area contributed by atoms with Crippen molar-refractivity contribution in [3.8, 4) is 0 Å². The minimum atomic E-state index is -0.966. The molecule has 1 atom stereocenters. The quantitative estimate of drug-likeness (QED) is 0.701. The number of nitrogens with one attached hydrogen (secondary N) is 2. The first-order chi connectivity index (χ1) is 11.8. The minimum absolute atomic E-state index is 0.0179. The van der Waals surface area contributed by atoms with Gasteiger partial charge in [-0.15, -0.1) is 0 Å². The van der Waals surface area contributed by atoms with Crippen LogP contribution in [0.5, 0.6) is 0 Å². The van der Waals surface area contributed by atoms with E-state index in [1.54, 1.807) is 6.92 Å². The Kier molecular flexibility index (Phi) is 6.30. The van der Waals surface area contributed by atoms with Gasteiger partial charge in [-0.05, 0) is 32.4 Å². The van der Waals surface area contributed by atoms with Gasteiger partial charge in [0.1, 0.15) is 0 Å². The second-order valence-electron chi connectivity index (χ2n) is 6.26. The van der Waals surface area contributed by atoms with Gasteiger partial charge in [-0.3, -0.25) is 9.69 Å². The molecule has 0 aliphatic heterocycles. The molecule has 1 aliphatic carbocycles. The fraction of sp³-hybridized carbons (Fsp3) is 0.529. The predicted molar refractivity (Wildman–Crippen MR) is 88.1 cm³/mol. The lowest BCUT2D eigenvalue weighted by molar-refractivity contribution is -0.139. The first-order valence-electron chi connectivity index (χ1n) is 8.28. The van der Waals surface area contributed by atoms with Crippen LogP contribution in [0.4, 0.5) is 13.6 Å². The summed E-state index contributed by atoms with van der Waals surface area (Å²) in [4.78, 5) is 24.7. The number of carboxylic acid groups (broad SMARTS) is 1. The van der Waals surface area contributed by atoms with Gasteiger partial charge in [-0.1, -0.05) is 19.1 Å². The van der Waals surface area contributed by atoms with Crippen molar-refractivity contribution in [2.75, 3.05) is 13.1 Å². The van der Waals surface area contributed by atoms with Crippen molar-refractivity contribution in [3.63, 3.8) is 0 Å². The fourth-order valence-corrected chi connectivity index (χ4v) is 3.03. The molecule has 1 unspecified atom stereocenters. The van der Waals surface area contributed by atoms with E-state index in [0.717, 1.165) is 6.07 Å². The predicted octanol–water partition coefficient (Wildman–Crippen LogP) is 2.26. The van der Waals surface area contributed by atoms with Crippen molar-refractivity contribution in [3.05, 3.63) is 35.4 Å². The Bertz CT molecular complexity index is 636. The number of rotatable bonds is 7. The summed E-state index contributed by atoms with van der Waals surface area (Å²) in [6.07, 6.45) is 1.33. The highest BCUT2D eigenvalue weighted by Crippen LogP contribution is 2.25. The molecule has 0 aromatic heterocycles. The Labute approximate surface area is 145 Å². The van der Waals surface area contributed by atoms with Gasteiger partial charge in [0.2, 0.25) is 0 Å². The lowest BCUT2D eigenvalue weighted by Gasteiger charge is -2.42. The standard InChI is InChI=1S/C17H23F2N3O3/c1-3-22(9-15(23)24)12-7-11(8-12)21-17(25)20-10(2)13-5-4-6-14(18)16(13)19/h4-6,10-12H,3,7-9H2,1-2H3,(H,23,24)(H2,20,21,25). The van der Waals surface area contributed by atoms with Gasteiger partial charge in [-0.25, -0.2) is 13.6 Å². The molecule has 8 heteroatoms. The van der Waals surface area contributed by atoms with Crippen molar-refractivity contribution in [2.24, 2.45) is 0 Å². The zero-order valence-electron chi connectivity index (χ0n) is 14.3. The second-order valence-corrected chi connectivity index (χ2v) is 6.26. The molecule has 1 aromatic carbocycles. The highest BCUT2D eigenvalue weighted by atomic mass is 19.2. The summed E-state index contributed by atoms with van der Waals surface area (Å²) in [5, 5.41) is 14.2. The van der Waals surface area contributed by atoms with Crippen molar-refractivity contribution in [2.45, 2.75) is 44.8 Å². The van der Waals surface area contributed by atoms with Crippen LogP contribution in [0.2, 0.25) is 0 Å². The van der Waals surface area contributed by atoms with E-state index in [-0.39, 0.29) is 24.2 Å². The molecular formula is C17H23F2N3O3. The summed E-state index contributed by atoms with van der Waals surface area (Å²) < 4.78 is 27.0. The van der Waals surface area contributed by atoms with Crippen molar-refractivity contribution in [1.82, 2.24) is 15.5 Å². The molecule has 138 valence electrons. The van der Waals surface area contributed by atoms with Gasteiger partial charge < -0.3 is 15.7 Å². The van der Waals surface area contributed by atoms with Crippen LogP contribution in [0.3, 0.4) is 0 Å². The molecule has 2 amide bonds. The third-order valence-electron chi connectivity index (χ3n) is 4.50. The van der Waals surface area contributed by atoms with E-state index >= 15 is 0 Å². The highest BCUT2D eigenvalue weighted by Gasteiger charge is 2.34. The smallest absolute Gasteiger partial charge is 0.317 e. The number of nitrogens with zero attached hydrogens (tertiary/aromatic N) is 1. The summed E-state index contributed by atoms with van der Waals surface area (Å²) in [7, 11) is 0. The van der Waals surface area contributed by atoms with Crippen molar-refractivity contribution < 1.29 is 23.5 Å². The zero-order chi connectivity index (χ0) is 18.6. The third kappa shape index (κ3) is 4.88. The van der Waals surface area contributed by atoms with Crippen LogP contribution in [0.15, 0.2) is 18.2 Å². The van der Waals surface area contributed by atoms with Gasteiger partial charge in [0.15, 0.2) is 11.6 Å². The Balaban J connectivity index is 1.80. The van der Waals surface area contributed by atoms with E-state index in [1.165, 1.54) is 12.1 Å². The van der Waals surface area contributed by atoms with Gasteiger partial charge >= 0.3 is 12.0 Å². The van der Waals surface area contributed by atoms with Gasteiger partial charge in [0.25, 0.3) is 0 Å². The first-order valence-corrected chi connectivity index (χ1v) is 8.28. The molecule has 6 nitrogen and oxygen atoms in total. The van der Waals surface area contributed by atoms with Gasteiger partial charge in [0, 0.05) is 17.6 Å². The molecule has 2 rings (SSSR count). The van der Waals surface area contributed by atoms with Crippen molar-refractivity contribution in [1.29, 1.82) is 0 Å². The lowest BCUT2D eigenvalue weighted by atomic mass is 9.85. The third-order valence-corrected chi connectivity index (χ3v) is 4.50. The molecule has 0 spiro atoms. The van der Waals surface area contributed by atoms with Crippen LogP contribution in [0.25, 0.3) is 0 Å². The average molecular weight is 355 g/mol. The zero-order valence-corrected chi connectivity index (χ0v) is 14.3. The summed E-state index contributed by atoms with van der Waals surface area (Å²) in [5.74, 6) is -2.79. The molecule has 0 radical (unpaired) electrons. The van der Waals surface area contributed by atoms with Crippen LogP contribution in [0, 0.1) is 11.6 Å². The SMILES string of the molecule is CCN(CC(=O)O)C1CC(NC(=O)NC(C)c2cccc(F)c2F)C1. The molecule has 3 N–H and O–H groups in total.